The van der Waals surface area contributed by atoms with E-state index in [-0.39, 0.29) is 25.4 Å². The summed E-state index contributed by atoms with van der Waals surface area (Å²) >= 11 is 0. The third kappa shape index (κ3) is 5.26. The molecule has 3 N–H and O–H groups in total. The van der Waals surface area contributed by atoms with Gasteiger partial charge in [-0.25, -0.2) is 4.79 Å². The molecule has 0 saturated carbocycles. The summed E-state index contributed by atoms with van der Waals surface area (Å²) in [6.45, 7) is 0.102. The normalized spacial score (nSPS) is 7.67. The highest BCUT2D eigenvalue weighted by Crippen LogP contribution is 1.77. The van der Waals surface area contributed by atoms with Crippen LogP contribution in [0.4, 0.5) is 0 Å². The standard InChI is InChI=1S/C4H7NO3.ClH/c5-2-1-3(6)4(7)8;/h1-2,5H2,(H,7,8);1H. The van der Waals surface area contributed by atoms with E-state index in [2.05, 4.69) is 0 Å². The number of carboxylic acids is 1. The van der Waals surface area contributed by atoms with Gasteiger partial charge in [0.25, 0.3) is 0 Å². The number of nitrogens with two attached hydrogens (primary N) is 1. The fourth-order valence-corrected chi connectivity index (χ4v) is 0.238. The minimum Gasteiger partial charge on any atom is -0.476 e. The summed E-state index contributed by atoms with van der Waals surface area (Å²) in [5.74, 6) is -2.23. The Morgan fingerprint density at radius 1 is 1.44 bits per heavy atom. The number of hydrogen-bond acceptors (Lipinski definition) is 3. The fraction of sp³-hybridized carbons (Fsp3) is 0.500. The molecule has 54 valence electrons. The summed E-state index contributed by atoms with van der Waals surface area (Å²) in [7, 11) is 0. The average Bonchev–Trinajstić information content (AvgIpc) is 1.67. The van der Waals surface area contributed by atoms with Gasteiger partial charge in [-0.1, -0.05) is 0 Å². The number of ketones is 1. The van der Waals surface area contributed by atoms with Gasteiger partial charge < -0.3 is 10.8 Å². The second-order valence-corrected chi connectivity index (χ2v) is 1.27. The lowest BCUT2D eigenvalue weighted by atomic mass is 10.3. The van der Waals surface area contributed by atoms with Crippen molar-refractivity contribution in [3.8, 4) is 0 Å². The third-order valence-electron chi connectivity index (χ3n) is 0.610. The summed E-state index contributed by atoms with van der Waals surface area (Å²) in [4.78, 5) is 19.7. The van der Waals surface area contributed by atoms with Gasteiger partial charge in [-0.15, -0.1) is 12.4 Å². The van der Waals surface area contributed by atoms with E-state index in [0.717, 1.165) is 0 Å². The Morgan fingerprint density at radius 2 is 1.89 bits per heavy atom. The Morgan fingerprint density at radius 3 is 2.00 bits per heavy atom. The first-order valence-electron chi connectivity index (χ1n) is 2.14. The van der Waals surface area contributed by atoms with E-state index >= 15 is 0 Å². The van der Waals surface area contributed by atoms with Crippen molar-refractivity contribution in [1.82, 2.24) is 0 Å². The van der Waals surface area contributed by atoms with Gasteiger partial charge in [-0.3, -0.25) is 4.79 Å². The number of hydrogen-bond donors (Lipinski definition) is 2. The lowest BCUT2D eigenvalue weighted by Crippen LogP contribution is -2.16. The molecule has 0 aliphatic heterocycles. The van der Waals surface area contributed by atoms with E-state index in [0.29, 0.717) is 0 Å². The lowest BCUT2D eigenvalue weighted by Gasteiger charge is -1.86. The first-order valence-corrected chi connectivity index (χ1v) is 2.14. The summed E-state index contributed by atoms with van der Waals surface area (Å²) in [6, 6.07) is 0. The Hall–Kier alpha value is -0.610. The van der Waals surface area contributed by atoms with Crippen LogP contribution >= 0.6 is 12.4 Å². The number of carbonyl (C=O) groups excluding carboxylic acids is 1. The maximum Gasteiger partial charge on any atom is 0.372 e. The van der Waals surface area contributed by atoms with Crippen LogP contribution in [0.3, 0.4) is 0 Å². The molecular formula is C4H8ClNO3. The van der Waals surface area contributed by atoms with Gasteiger partial charge in [-0.05, 0) is 6.54 Å². The topological polar surface area (TPSA) is 80.4 Å². The highest BCUT2D eigenvalue weighted by molar-refractivity contribution is 6.32. The monoisotopic (exact) mass is 153 g/mol. The number of rotatable bonds is 3. The van der Waals surface area contributed by atoms with Crippen LogP contribution in [0.1, 0.15) is 6.42 Å². The van der Waals surface area contributed by atoms with Crippen molar-refractivity contribution < 1.29 is 14.7 Å². The van der Waals surface area contributed by atoms with Crippen molar-refractivity contribution in [2.45, 2.75) is 6.42 Å². The molecule has 0 rings (SSSR count). The van der Waals surface area contributed by atoms with E-state index in [1.54, 1.807) is 0 Å². The van der Waals surface area contributed by atoms with Gasteiger partial charge in [0.05, 0.1) is 0 Å². The highest BCUT2D eigenvalue weighted by atomic mass is 35.5. The van der Waals surface area contributed by atoms with Gasteiger partial charge in [0.1, 0.15) is 0 Å². The third-order valence-corrected chi connectivity index (χ3v) is 0.610. The van der Waals surface area contributed by atoms with Crippen LogP contribution in [0.5, 0.6) is 0 Å². The maximum absolute atomic E-state index is 10.1. The summed E-state index contributed by atoms with van der Waals surface area (Å²) in [5, 5.41) is 7.91. The van der Waals surface area contributed by atoms with Crippen molar-refractivity contribution in [3.05, 3.63) is 0 Å². The first-order chi connectivity index (χ1) is 3.68. The molecule has 0 spiro atoms. The van der Waals surface area contributed by atoms with Crippen molar-refractivity contribution in [2.24, 2.45) is 5.73 Å². The zero-order valence-corrected chi connectivity index (χ0v) is 5.48. The van der Waals surface area contributed by atoms with Crippen LogP contribution < -0.4 is 5.73 Å². The summed E-state index contributed by atoms with van der Waals surface area (Å²) in [5.41, 5.74) is 4.88. The van der Waals surface area contributed by atoms with E-state index in [1.807, 2.05) is 0 Å². The highest BCUT2D eigenvalue weighted by Gasteiger charge is 2.07. The van der Waals surface area contributed by atoms with Gasteiger partial charge in [0.2, 0.25) is 5.78 Å². The maximum atomic E-state index is 10.1. The minimum absolute atomic E-state index is 0. The van der Waals surface area contributed by atoms with Crippen LogP contribution in [0.2, 0.25) is 0 Å². The van der Waals surface area contributed by atoms with Gasteiger partial charge in [0.15, 0.2) is 0 Å². The summed E-state index contributed by atoms with van der Waals surface area (Å²) < 4.78 is 0. The molecule has 0 bridgehead atoms. The molecule has 0 aromatic carbocycles. The number of halogens is 1. The molecule has 0 aliphatic rings. The first kappa shape index (κ1) is 11.2. The van der Waals surface area contributed by atoms with E-state index in [1.165, 1.54) is 0 Å². The van der Waals surface area contributed by atoms with E-state index in [9.17, 15) is 9.59 Å². The van der Waals surface area contributed by atoms with Crippen molar-refractivity contribution in [2.75, 3.05) is 6.54 Å². The van der Waals surface area contributed by atoms with Gasteiger partial charge >= 0.3 is 5.97 Å². The Balaban J connectivity index is 0. The molecule has 0 radical (unpaired) electrons. The number of Topliss-reactive ketones (excluding diaryl/α,β-unsaturated/α-hetero) is 1. The largest absolute Gasteiger partial charge is 0.476 e. The van der Waals surface area contributed by atoms with Crippen LogP contribution in [0, 0.1) is 0 Å². The lowest BCUT2D eigenvalue weighted by molar-refractivity contribution is -0.149. The molecule has 0 fully saturated rings. The quantitative estimate of drug-likeness (QED) is 0.531. The average molecular weight is 154 g/mol. The van der Waals surface area contributed by atoms with Crippen molar-refractivity contribution in [3.63, 3.8) is 0 Å². The van der Waals surface area contributed by atoms with Crippen molar-refractivity contribution in [1.29, 1.82) is 0 Å². The second-order valence-electron chi connectivity index (χ2n) is 1.27. The zero-order valence-electron chi connectivity index (χ0n) is 4.66. The summed E-state index contributed by atoms with van der Waals surface area (Å²) in [6.07, 6.45) is -0.0741. The molecular weight excluding hydrogens is 146 g/mol. The minimum atomic E-state index is -1.41. The molecule has 0 unspecified atom stereocenters. The molecule has 0 saturated heterocycles. The van der Waals surface area contributed by atoms with Crippen LogP contribution in [-0.2, 0) is 9.59 Å². The molecule has 0 aliphatic carbocycles. The molecule has 0 aromatic rings. The molecule has 0 heterocycles. The van der Waals surface area contributed by atoms with Gasteiger partial charge in [0, 0.05) is 6.42 Å². The Kier molecular flexibility index (Phi) is 6.89. The van der Waals surface area contributed by atoms with Crippen LogP contribution in [0.15, 0.2) is 0 Å². The number of carbonyl (C=O) groups is 2. The SMILES string of the molecule is Cl.NCCC(=O)C(=O)O. The van der Waals surface area contributed by atoms with Gasteiger partial charge in [-0.2, -0.15) is 0 Å². The fourth-order valence-electron chi connectivity index (χ4n) is 0.238. The second kappa shape index (κ2) is 5.53. The molecule has 9 heavy (non-hydrogen) atoms. The molecule has 4 nitrogen and oxygen atoms in total. The number of carboxylic acid groups (broad SMARTS) is 1. The predicted octanol–water partition coefficient (Wildman–Crippen LogP) is -0.589. The van der Waals surface area contributed by atoms with E-state index < -0.39 is 11.8 Å². The van der Waals surface area contributed by atoms with Crippen LogP contribution in [-0.4, -0.2) is 23.4 Å². The molecule has 0 amide bonds. The Bertz CT molecular complexity index is 114. The molecule has 0 atom stereocenters. The zero-order chi connectivity index (χ0) is 6.57. The molecule has 5 heteroatoms. The molecule has 0 aromatic heterocycles. The predicted molar refractivity (Wildman–Crippen MR) is 33.6 cm³/mol. The number of aliphatic carboxylic acids is 1. The van der Waals surface area contributed by atoms with E-state index in [4.69, 9.17) is 10.8 Å². The van der Waals surface area contributed by atoms with Crippen LogP contribution in [0.25, 0.3) is 0 Å². The smallest absolute Gasteiger partial charge is 0.372 e. The Labute approximate surface area is 58.4 Å². The van der Waals surface area contributed by atoms with Crippen molar-refractivity contribution >= 4 is 24.2 Å².